The van der Waals surface area contributed by atoms with Crippen molar-refractivity contribution in [2.45, 2.75) is 25.3 Å². The Labute approximate surface area is 233 Å². The minimum atomic E-state index is 0.153. The second-order valence-electron chi connectivity index (χ2n) is 10.2. The maximum Gasteiger partial charge on any atom is 0.207 e. The number of hydrogen-bond donors (Lipinski definition) is 0. The fourth-order valence-electron chi connectivity index (χ4n) is 5.86. The van der Waals surface area contributed by atoms with Gasteiger partial charge >= 0.3 is 0 Å². The molecule has 1 saturated carbocycles. The van der Waals surface area contributed by atoms with E-state index in [0.717, 1.165) is 29.2 Å². The number of hydrazone groups is 1. The second kappa shape index (κ2) is 10.5. The van der Waals surface area contributed by atoms with Gasteiger partial charge in [0.2, 0.25) is 5.13 Å². The fraction of sp³-hybridized carbons (Fsp3) is 0.143. The first-order chi connectivity index (χ1) is 19.3. The van der Waals surface area contributed by atoms with E-state index in [1.807, 2.05) is 0 Å². The molecule has 1 aliphatic carbocycles. The van der Waals surface area contributed by atoms with Gasteiger partial charge in [0.05, 0.1) is 17.4 Å². The minimum absolute atomic E-state index is 0.153. The zero-order chi connectivity index (χ0) is 26.0. The first-order valence-electron chi connectivity index (χ1n) is 13.6. The second-order valence-corrected chi connectivity index (χ2v) is 11.1. The standard InChI is InChI=1S/C35H29N3S/c1-4-11-25(12-5-1)23-30-17-10-18-31-33(30)37-38(34(31)29-15-8-3-9-16-29)35-36-32(24-39-35)28-21-19-27(20-22-28)26-13-6-2-7-14-26/h1-9,11-16,19-24,31,34H,10,17-18H2/b30-23+/t31-,34+/m0/s1. The van der Waals surface area contributed by atoms with Crippen LogP contribution in [0.2, 0.25) is 0 Å². The van der Waals surface area contributed by atoms with Crippen molar-refractivity contribution in [3.8, 4) is 22.4 Å². The van der Waals surface area contributed by atoms with Crippen molar-refractivity contribution in [3.63, 3.8) is 0 Å². The van der Waals surface area contributed by atoms with Gasteiger partial charge in [-0.25, -0.2) is 9.99 Å². The molecule has 0 radical (unpaired) electrons. The topological polar surface area (TPSA) is 28.5 Å². The summed E-state index contributed by atoms with van der Waals surface area (Å²) in [6, 6.07) is 40.8. The predicted molar refractivity (Wildman–Crippen MR) is 164 cm³/mol. The minimum Gasteiger partial charge on any atom is -0.231 e. The molecule has 0 spiro atoms. The Hall–Kier alpha value is -4.28. The smallest absolute Gasteiger partial charge is 0.207 e. The predicted octanol–water partition coefficient (Wildman–Crippen LogP) is 9.28. The van der Waals surface area contributed by atoms with Gasteiger partial charge in [0.25, 0.3) is 0 Å². The summed E-state index contributed by atoms with van der Waals surface area (Å²) in [7, 11) is 0. The number of thiazole rings is 1. The lowest BCUT2D eigenvalue weighted by Crippen LogP contribution is -2.28. The number of hydrogen-bond acceptors (Lipinski definition) is 4. The molecule has 4 aromatic carbocycles. The molecule has 190 valence electrons. The molecule has 1 aromatic heterocycles. The highest BCUT2D eigenvalue weighted by Crippen LogP contribution is 2.47. The van der Waals surface area contributed by atoms with Crippen molar-refractivity contribution >= 4 is 28.3 Å². The van der Waals surface area contributed by atoms with E-state index >= 15 is 0 Å². The van der Waals surface area contributed by atoms with Gasteiger partial charge in [-0.05, 0) is 53.2 Å². The first-order valence-corrected chi connectivity index (χ1v) is 14.5. The third-order valence-corrected chi connectivity index (χ3v) is 8.59. The summed E-state index contributed by atoms with van der Waals surface area (Å²) in [5, 5.41) is 10.6. The van der Waals surface area contributed by atoms with Crippen LogP contribution < -0.4 is 5.01 Å². The molecule has 4 heteroatoms. The van der Waals surface area contributed by atoms with E-state index in [2.05, 4.69) is 132 Å². The molecule has 0 bridgehead atoms. The van der Waals surface area contributed by atoms with E-state index in [1.165, 1.54) is 40.0 Å². The van der Waals surface area contributed by atoms with Gasteiger partial charge in [-0.1, -0.05) is 115 Å². The van der Waals surface area contributed by atoms with Gasteiger partial charge in [0.1, 0.15) is 0 Å². The summed E-state index contributed by atoms with van der Waals surface area (Å²) in [5.74, 6) is 0.355. The lowest BCUT2D eigenvalue weighted by atomic mass is 9.77. The summed E-state index contributed by atoms with van der Waals surface area (Å²) in [5.41, 5.74) is 9.68. The van der Waals surface area contributed by atoms with Crippen LogP contribution in [0.4, 0.5) is 5.13 Å². The maximum atomic E-state index is 5.31. The van der Waals surface area contributed by atoms with Crippen LogP contribution in [0.25, 0.3) is 28.5 Å². The van der Waals surface area contributed by atoms with Crippen molar-refractivity contribution in [1.82, 2.24) is 4.98 Å². The number of fused-ring (bicyclic) bond motifs is 1. The number of aromatic nitrogens is 1. The van der Waals surface area contributed by atoms with E-state index in [9.17, 15) is 0 Å². The van der Waals surface area contributed by atoms with Gasteiger partial charge in [-0.2, -0.15) is 5.10 Å². The number of rotatable bonds is 5. The monoisotopic (exact) mass is 523 g/mol. The summed E-state index contributed by atoms with van der Waals surface area (Å²) < 4.78 is 0. The lowest BCUT2D eigenvalue weighted by Gasteiger charge is -2.29. The van der Waals surface area contributed by atoms with E-state index in [1.54, 1.807) is 11.3 Å². The van der Waals surface area contributed by atoms with Crippen molar-refractivity contribution in [2.75, 3.05) is 5.01 Å². The Kier molecular flexibility index (Phi) is 6.39. The number of allylic oxidation sites excluding steroid dienone is 1. The van der Waals surface area contributed by atoms with Crippen molar-refractivity contribution in [2.24, 2.45) is 11.0 Å². The zero-order valence-corrected chi connectivity index (χ0v) is 22.5. The van der Waals surface area contributed by atoms with Crippen LogP contribution in [0.5, 0.6) is 0 Å². The summed E-state index contributed by atoms with van der Waals surface area (Å²) in [6.07, 6.45) is 5.71. The largest absolute Gasteiger partial charge is 0.231 e. The average molecular weight is 524 g/mol. The first kappa shape index (κ1) is 23.8. The molecule has 1 fully saturated rings. The molecule has 7 rings (SSSR count). The fourth-order valence-corrected chi connectivity index (χ4v) is 6.68. The highest BCUT2D eigenvalue weighted by molar-refractivity contribution is 7.14. The van der Waals surface area contributed by atoms with Gasteiger partial charge < -0.3 is 0 Å². The van der Waals surface area contributed by atoms with E-state index in [0.29, 0.717) is 5.92 Å². The Balaban J connectivity index is 1.24. The molecule has 2 heterocycles. The van der Waals surface area contributed by atoms with E-state index in [4.69, 9.17) is 10.1 Å². The molecule has 39 heavy (non-hydrogen) atoms. The van der Waals surface area contributed by atoms with E-state index in [-0.39, 0.29) is 6.04 Å². The summed E-state index contributed by atoms with van der Waals surface area (Å²) in [4.78, 5) is 5.13. The van der Waals surface area contributed by atoms with Gasteiger partial charge in [-0.3, -0.25) is 0 Å². The van der Waals surface area contributed by atoms with E-state index < -0.39 is 0 Å². The highest BCUT2D eigenvalue weighted by atomic mass is 32.1. The highest BCUT2D eigenvalue weighted by Gasteiger charge is 2.42. The van der Waals surface area contributed by atoms with Crippen LogP contribution in [0.15, 0.2) is 131 Å². The molecule has 2 atom stereocenters. The van der Waals surface area contributed by atoms with Crippen LogP contribution in [0.1, 0.15) is 36.4 Å². The van der Waals surface area contributed by atoms with Gasteiger partial charge in [0, 0.05) is 16.9 Å². The molecule has 0 saturated heterocycles. The summed E-state index contributed by atoms with van der Waals surface area (Å²) >= 11 is 1.68. The Bertz CT molecular complexity index is 1620. The summed E-state index contributed by atoms with van der Waals surface area (Å²) in [6.45, 7) is 0. The molecule has 2 aliphatic rings. The molecule has 3 nitrogen and oxygen atoms in total. The van der Waals surface area contributed by atoms with Crippen LogP contribution in [0.3, 0.4) is 0 Å². The SMILES string of the molecule is C(=C1/CCC[C@H]2C1=NN(c1nc(-c3ccc(-c4ccccc4)cc3)cs1)[C@@H]2c1ccccc1)/c1ccccc1. The zero-order valence-electron chi connectivity index (χ0n) is 21.7. The maximum absolute atomic E-state index is 5.31. The molecule has 0 N–H and O–H groups in total. The molecular weight excluding hydrogens is 494 g/mol. The van der Waals surface area contributed by atoms with Crippen molar-refractivity contribution < 1.29 is 0 Å². The number of nitrogens with zero attached hydrogens (tertiary/aromatic N) is 3. The van der Waals surface area contributed by atoms with Crippen LogP contribution in [-0.4, -0.2) is 10.7 Å². The Morgan fingerprint density at radius 1 is 0.718 bits per heavy atom. The van der Waals surface area contributed by atoms with Gasteiger partial charge in [0.15, 0.2) is 0 Å². The number of anilines is 1. The average Bonchev–Trinajstić information content (AvgIpc) is 3.65. The van der Waals surface area contributed by atoms with Crippen LogP contribution in [-0.2, 0) is 0 Å². The third-order valence-electron chi connectivity index (χ3n) is 7.76. The molecule has 0 amide bonds. The lowest BCUT2D eigenvalue weighted by molar-refractivity contribution is 0.487. The molecule has 1 aliphatic heterocycles. The molecule has 0 unspecified atom stereocenters. The molecular formula is C35H29N3S. The van der Waals surface area contributed by atoms with Crippen molar-refractivity contribution in [3.05, 3.63) is 137 Å². The normalized spacial score (nSPS) is 19.6. The van der Waals surface area contributed by atoms with Crippen LogP contribution >= 0.6 is 11.3 Å². The third kappa shape index (κ3) is 4.73. The quantitative estimate of drug-likeness (QED) is 0.230. The number of benzene rings is 4. The molecule has 5 aromatic rings. The van der Waals surface area contributed by atoms with Crippen LogP contribution in [0, 0.1) is 5.92 Å². The Morgan fingerprint density at radius 3 is 2.10 bits per heavy atom. The van der Waals surface area contributed by atoms with Gasteiger partial charge in [-0.15, -0.1) is 11.3 Å². The van der Waals surface area contributed by atoms with Crippen molar-refractivity contribution in [1.29, 1.82) is 0 Å². The Morgan fingerprint density at radius 2 is 1.36 bits per heavy atom.